The number of carbonyl (C=O) groups is 2. The number of esters is 2. The largest absolute Gasteiger partial charge is 0.494 e. The van der Waals surface area contributed by atoms with Crippen molar-refractivity contribution >= 4 is 11.9 Å². The molecule has 0 saturated carbocycles. The van der Waals surface area contributed by atoms with E-state index in [0.717, 1.165) is 32.5 Å². The first-order valence-corrected chi connectivity index (χ1v) is 9.39. The molecule has 0 aliphatic carbocycles. The molecule has 0 N–H and O–H groups in total. The maximum absolute atomic E-state index is 12.2. The van der Waals surface area contributed by atoms with E-state index in [4.69, 9.17) is 18.9 Å². The zero-order valence-electron chi connectivity index (χ0n) is 16.3. The van der Waals surface area contributed by atoms with Crippen molar-refractivity contribution in [3.63, 3.8) is 0 Å². The Morgan fingerprint density at radius 3 is 1.93 bits per heavy atom. The van der Waals surface area contributed by atoms with Gasteiger partial charge in [-0.15, -0.1) is 0 Å². The van der Waals surface area contributed by atoms with Crippen molar-refractivity contribution in [2.45, 2.75) is 33.1 Å². The third-order valence-electron chi connectivity index (χ3n) is 3.69. The minimum Gasteiger partial charge on any atom is -0.494 e. The molecule has 28 heavy (non-hydrogen) atoms. The third kappa shape index (κ3) is 7.80. The highest BCUT2D eigenvalue weighted by Gasteiger charge is 2.09. The van der Waals surface area contributed by atoms with Gasteiger partial charge in [0.2, 0.25) is 0 Å². The van der Waals surface area contributed by atoms with Gasteiger partial charge in [0.1, 0.15) is 17.2 Å². The summed E-state index contributed by atoms with van der Waals surface area (Å²) in [5.74, 6) is 0.589. The molecule has 0 heterocycles. The summed E-state index contributed by atoms with van der Waals surface area (Å²) in [5, 5.41) is 0. The number of carbonyl (C=O) groups excluding carboxylic acids is 2. The van der Waals surface area contributed by atoms with E-state index >= 15 is 0 Å². The number of benzene rings is 2. The highest BCUT2D eigenvalue weighted by molar-refractivity contribution is 5.91. The van der Waals surface area contributed by atoms with E-state index < -0.39 is 11.9 Å². The monoisotopic (exact) mass is 386 g/mol. The van der Waals surface area contributed by atoms with Crippen molar-refractivity contribution in [3.05, 3.63) is 54.1 Å². The van der Waals surface area contributed by atoms with Crippen LogP contribution in [0.25, 0.3) is 0 Å². The molecule has 2 aromatic rings. The Hall–Kier alpha value is -2.86. The Morgan fingerprint density at radius 1 is 0.750 bits per heavy atom. The first-order chi connectivity index (χ1) is 13.6. The van der Waals surface area contributed by atoms with Crippen LogP contribution < -0.4 is 14.2 Å². The van der Waals surface area contributed by atoms with Gasteiger partial charge in [0, 0.05) is 20.1 Å². The fourth-order valence-electron chi connectivity index (χ4n) is 2.34. The first kappa shape index (κ1) is 21.4. The molecule has 0 aliphatic heterocycles. The molecule has 6 nitrogen and oxygen atoms in total. The van der Waals surface area contributed by atoms with Gasteiger partial charge in [0.25, 0.3) is 0 Å². The zero-order chi connectivity index (χ0) is 20.2. The molecule has 0 bridgehead atoms. The van der Waals surface area contributed by atoms with Crippen LogP contribution in [0.2, 0.25) is 0 Å². The van der Waals surface area contributed by atoms with Crippen molar-refractivity contribution < 1.29 is 28.5 Å². The smallest absolute Gasteiger partial charge is 0.343 e. The molecule has 2 rings (SSSR count). The number of hydrogen-bond donors (Lipinski definition) is 0. The molecule has 0 unspecified atom stereocenters. The number of rotatable bonds is 11. The van der Waals surface area contributed by atoms with Crippen LogP contribution in [0.5, 0.6) is 17.2 Å². The van der Waals surface area contributed by atoms with Crippen molar-refractivity contribution in [1.29, 1.82) is 0 Å². The normalized spacial score (nSPS) is 10.4. The Balaban J connectivity index is 1.76. The predicted molar refractivity (Wildman–Crippen MR) is 105 cm³/mol. The maximum atomic E-state index is 12.2. The molecular weight excluding hydrogens is 360 g/mol. The summed E-state index contributed by atoms with van der Waals surface area (Å²) < 4.78 is 21.3. The van der Waals surface area contributed by atoms with Crippen LogP contribution in [0.3, 0.4) is 0 Å². The summed E-state index contributed by atoms with van der Waals surface area (Å²) in [4.78, 5) is 23.1. The van der Waals surface area contributed by atoms with Crippen LogP contribution in [0, 0.1) is 0 Å². The van der Waals surface area contributed by atoms with Crippen LogP contribution in [0.4, 0.5) is 0 Å². The van der Waals surface area contributed by atoms with E-state index in [0.29, 0.717) is 29.4 Å². The van der Waals surface area contributed by atoms with Gasteiger partial charge in [-0.3, -0.25) is 4.79 Å². The zero-order valence-corrected chi connectivity index (χ0v) is 16.3. The lowest BCUT2D eigenvalue weighted by molar-refractivity contribution is -0.131. The number of hydrogen-bond acceptors (Lipinski definition) is 6. The van der Waals surface area contributed by atoms with Gasteiger partial charge in [-0.1, -0.05) is 6.92 Å². The van der Waals surface area contributed by atoms with E-state index in [2.05, 4.69) is 6.92 Å². The van der Waals surface area contributed by atoms with E-state index in [9.17, 15) is 9.59 Å². The lowest BCUT2D eigenvalue weighted by atomic mass is 10.2. The lowest BCUT2D eigenvalue weighted by Crippen LogP contribution is -2.08. The van der Waals surface area contributed by atoms with Gasteiger partial charge in [-0.2, -0.15) is 0 Å². The molecule has 0 amide bonds. The fraction of sp³-hybridized carbons (Fsp3) is 0.364. The maximum Gasteiger partial charge on any atom is 0.343 e. The second kappa shape index (κ2) is 11.8. The summed E-state index contributed by atoms with van der Waals surface area (Å²) in [5.41, 5.74) is 0.421. The van der Waals surface area contributed by atoms with Crippen molar-refractivity contribution in [1.82, 2.24) is 0 Å². The Bertz CT molecular complexity index is 737. The van der Waals surface area contributed by atoms with Crippen molar-refractivity contribution in [2.75, 3.05) is 19.8 Å². The minimum absolute atomic E-state index is 0.367. The van der Waals surface area contributed by atoms with Crippen molar-refractivity contribution in [3.8, 4) is 17.2 Å². The molecule has 2 aromatic carbocycles. The van der Waals surface area contributed by atoms with Crippen LogP contribution in [-0.4, -0.2) is 31.8 Å². The van der Waals surface area contributed by atoms with Gasteiger partial charge in [0.05, 0.1) is 12.2 Å². The molecule has 6 heteroatoms. The van der Waals surface area contributed by atoms with Gasteiger partial charge >= 0.3 is 11.9 Å². The van der Waals surface area contributed by atoms with Crippen molar-refractivity contribution in [2.24, 2.45) is 0 Å². The van der Waals surface area contributed by atoms with Gasteiger partial charge in [-0.25, -0.2) is 4.79 Å². The highest BCUT2D eigenvalue weighted by atomic mass is 16.5. The lowest BCUT2D eigenvalue weighted by Gasteiger charge is -2.08. The second-order valence-corrected chi connectivity index (χ2v) is 6.15. The molecule has 0 spiro atoms. The molecular formula is C22H26O6. The highest BCUT2D eigenvalue weighted by Crippen LogP contribution is 2.20. The summed E-state index contributed by atoms with van der Waals surface area (Å²) in [6.45, 7) is 5.57. The second-order valence-electron chi connectivity index (χ2n) is 6.15. The van der Waals surface area contributed by atoms with Gasteiger partial charge in [-0.05, 0) is 67.8 Å². The molecule has 150 valence electrons. The summed E-state index contributed by atoms with van der Waals surface area (Å²) in [6.07, 6.45) is 2.91. The van der Waals surface area contributed by atoms with E-state index in [1.807, 2.05) is 0 Å². The molecule has 0 aliphatic rings. The van der Waals surface area contributed by atoms with Crippen LogP contribution >= 0.6 is 0 Å². The third-order valence-corrected chi connectivity index (χ3v) is 3.69. The first-order valence-electron chi connectivity index (χ1n) is 9.39. The standard InChI is InChI=1S/C22H26O6/c1-3-14-25-15-4-5-16-26-19-8-6-18(7-9-19)22(24)28-21-12-10-20(11-13-21)27-17(2)23/h6-13H,3-5,14-16H2,1-2H3. The summed E-state index contributed by atoms with van der Waals surface area (Å²) in [6, 6.07) is 13.1. The average molecular weight is 386 g/mol. The average Bonchev–Trinajstić information content (AvgIpc) is 2.69. The topological polar surface area (TPSA) is 71.1 Å². The van der Waals surface area contributed by atoms with E-state index in [1.165, 1.54) is 6.92 Å². The molecule has 0 aromatic heterocycles. The predicted octanol–water partition coefficient (Wildman–Crippen LogP) is 4.42. The molecule has 0 radical (unpaired) electrons. The van der Waals surface area contributed by atoms with Gasteiger partial charge < -0.3 is 18.9 Å². The SMILES string of the molecule is CCCOCCCCOc1ccc(C(=O)Oc2ccc(OC(C)=O)cc2)cc1. The number of unbranched alkanes of at least 4 members (excludes halogenated alkanes) is 1. The number of ether oxygens (including phenoxy) is 4. The Kier molecular flexibility index (Phi) is 9.01. The fourth-order valence-corrected chi connectivity index (χ4v) is 2.34. The molecule has 0 atom stereocenters. The molecule has 0 saturated heterocycles. The molecule has 0 fully saturated rings. The Morgan fingerprint density at radius 2 is 1.32 bits per heavy atom. The van der Waals surface area contributed by atoms with Crippen LogP contribution in [0.1, 0.15) is 43.5 Å². The van der Waals surface area contributed by atoms with E-state index in [-0.39, 0.29) is 0 Å². The van der Waals surface area contributed by atoms with Crippen LogP contribution in [0.15, 0.2) is 48.5 Å². The van der Waals surface area contributed by atoms with Crippen LogP contribution in [-0.2, 0) is 9.53 Å². The summed E-state index contributed by atoms with van der Waals surface area (Å²) in [7, 11) is 0. The quantitative estimate of drug-likeness (QED) is 0.323. The Labute approximate surface area is 165 Å². The minimum atomic E-state index is -0.472. The summed E-state index contributed by atoms with van der Waals surface area (Å²) >= 11 is 0. The van der Waals surface area contributed by atoms with E-state index in [1.54, 1.807) is 48.5 Å². The van der Waals surface area contributed by atoms with Gasteiger partial charge in [0.15, 0.2) is 0 Å².